The summed E-state index contributed by atoms with van der Waals surface area (Å²) in [5.41, 5.74) is 5.85. The molecule has 0 unspecified atom stereocenters. The van der Waals surface area contributed by atoms with Crippen LogP contribution in [0.3, 0.4) is 0 Å². The zero-order chi connectivity index (χ0) is 35.3. The number of aryl methyl sites for hydroxylation is 2. The predicted octanol–water partition coefficient (Wildman–Crippen LogP) is 6.16. The van der Waals surface area contributed by atoms with Crippen molar-refractivity contribution in [3.05, 3.63) is 94.5 Å². The summed E-state index contributed by atoms with van der Waals surface area (Å²) in [4.78, 5) is 0. The second-order valence-corrected chi connectivity index (χ2v) is 11.5. The SMILES string of the molecule is CCc1c(OCCOCCOCCOCCOCc2ccc(C)cc2)cccc1OCCOCCOCCOCCOCc1ccc(C)cc1. The first-order valence-electron chi connectivity index (χ1n) is 17.8. The van der Waals surface area contributed by atoms with Gasteiger partial charge in [-0.15, -0.1) is 0 Å². The highest BCUT2D eigenvalue weighted by molar-refractivity contribution is 5.44. The molecule has 3 aromatic rings. The van der Waals surface area contributed by atoms with E-state index in [9.17, 15) is 0 Å². The van der Waals surface area contributed by atoms with Crippen LogP contribution >= 0.6 is 0 Å². The number of rotatable bonds is 31. The minimum absolute atomic E-state index is 0.443. The highest BCUT2D eigenvalue weighted by Gasteiger charge is 2.09. The maximum atomic E-state index is 5.99. The van der Waals surface area contributed by atoms with E-state index in [-0.39, 0.29) is 0 Å². The molecule has 278 valence electrons. The van der Waals surface area contributed by atoms with Gasteiger partial charge in [0.1, 0.15) is 24.7 Å². The van der Waals surface area contributed by atoms with Gasteiger partial charge in [0, 0.05) is 5.56 Å². The summed E-state index contributed by atoms with van der Waals surface area (Å²) in [5.74, 6) is 1.61. The fourth-order valence-electron chi connectivity index (χ4n) is 4.65. The van der Waals surface area contributed by atoms with Gasteiger partial charge in [-0.3, -0.25) is 0 Å². The molecule has 0 amide bonds. The van der Waals surface area contributed by atoms with Crippen molar-refractivity contribution >= 4 is 0 Å². The van der Waals surface area contributed by atoms with Gasteiger partial charge in [0.25, 0.3) is 0 Å². The molecular formula is C40H58O10. The minimum Gasteiger partial charge on any atom is -0.491 e. The highest BCUT2D eigenvalue weighted by atomic mass is 16.6. The Morgan fingerprint density at radius 3 is 0.980 bits per heavy atom. The number of ether oxygens (including phenoxy) is 10. The van der Waals surface area contributed by atoms with Gasteiger partial charge in [-0.2, -0.15) is 0 Å². The van der Waals surface area contributed by atoms with Gasteiger partial charge in [0.15, 0.2) is 0 Å². The molecule has 0 atom stereocenters. The van der Waals surface area contributed by atoms with Gasteiger partial charge in [-0.25, -0.2) is 0 Å². The van der Waals surface area contributed by atoms with E-state index in [1.807, 2.05) is 18.2 Å². The molecule has 0 aliphatic carbocycles. The van der Waals surface area contributed by atoms with E-state index in [0.717, 1.165) is 23.5 Å². The Bertz CT molecular complexity index is 1140. The monoisotopic (exact) mass is 698 g/mol. The van der Waals surface area contributed by atoms with Gasteiger partial charge >= 0.3 is 0 Å². The molecular weight excluding hydrogens is 640 g/mol. The molecule has 0 aliphatic heterocycles. The fourth-order valence-corrected chi connectivity index (χ4v) is 4.65. The third-order valence-electron chi connectivity index (χ3n) is 7.42. The van der Waals surface area contributed by atoms with Crippen LogP contribution < -0.4 is 9.47 Å². The van der Waals surface area contributed by atoms with Crippen LogP contribution in [0.15, 0.2) is 66.7 Å². The molecule has 3 rings (SSSR count). The Labute approximate surface area is 299 Å². The largest absolute Gasteiger partial charge is 0.491 e. The number of benzene rings is 3. The third kappa shape index (κ3) is 19.4. The van der Waals surface area contributed by atoms with Crippen LogP contribution in [-0.2, 0) is 57.5 Å². The van der Waals surface area contributed by atoms with E-state index < -0.39 is 0 Å². The van der Waals surface area contributed by atoms with Crippen molar-refractivity contribution in [1.29, 1.82) is 0 Å². The first-order chi connectivity index (χ1) is 24.7. The Kier molecular flexibility index (Phi) is 22.9. The summed E-state index contributed by atoms with van der Waals surface area (Å²) >= 11 is 0. The first kappa shape index (κ1) is 41.4. The van der Waals surface area contributed by atoms with Gasteiger partial charge in [0.2, 0.25) is 0 Å². The van der Waals surface area contributed by atoms with E-state index in [0.29, 0.717) is 119 Å². The second-order valence-electron chi connectivity index (χ2n) is 11.5. The Balaban J connectivity index is 1.08. The van der Waals surface area contributed by atoms with Gasteiger partial charge in [-0.1, -0.05) is 72.6 Å². The number of hydrogen-bond donors (Lipinski definition) is 0. The van der Waals surface area contributed by atoms with Crippen LogP contribution in [0, 0.1) is 13.8 Å². The smallest absolute Gasteiger partial charge is 0.126 e. The molecule has 0 spiro atoms. The lowest BCUT2D eigenvalue weighted by atomic mass is 10.1. The van der Waals surface area contributed by atoms with E-state index in [4.69, 9.17) is 47.4 Å². The zero-order valence-corrected chi connectivity index (χ0v) is 30.4. The van der Waals surface area contributed by atoms with E-state index in [2.05, 4.69) is 69.3 Å². The molecule has 0 aromatic heterocycles. The van der Waals surface area contributed by atoms with Crippen LogP contribution in [0.4, 0.5) is 0 Å². The van der Waals surface area contributed by atoms with E-state index in [1.54, 1.807) is 0 Å². The van der Waals surface area contributed by atoms with Crippen molar-refractivity contribution in [3.63, 3.8) is 0 Å². The molecule has 0 saturated heterocycles. The molecule has 50 heavy (non-hydrogen) atoms. The van der Waals surface area contributed by atoms with Gasteiger partial charge < -0.3 is 47.4 Å². The van der Waals surface area contributed by atoms with Gasteiger partial charge in [0.05, 0.1) is 106 Å². The summed E-state index contributed by atoms with van der Waals surface area (Å²) in [6, 6.07) is 22.5. The molecule has 0 N–H and O–H groups in total. The predicted molar refractivity (Wildman–Crippen MR) is 193 cm³/mol. The fraction of sp³-hybridized carbons (Fsp3) is 0.550. The average molecular weight is 699 g/mol. The summed E-state index contributed by atoms with van der Waals surface area (Å²) in [6.45, 7) is 15.5. The molecule has 10 heteroatoms. The Hall–Kier alpha value is -3.06. The molecule has 0 fully saturated rings. The summed E-state index contributed by atoms with van der Waals surface area (Å²) in [5, 5.41) is 0. The summed E-state index contributed by atoms with van der Waals surface area (Å²) in [7, 11) is 0. The molecule has 3 aromatic carbocycles. The van der Waals surface area contributed by atoms with Crippen molar-refractivity contribution in [2.45, 2.75) is 40.4 Å². The molecule has 0 heterocycles. The van der Waals surface area contributed by atoms with Crippen LogP contribution in [0.2, 0.25) is 0 Å². The van der Waals surface area contributed by atoms with Crippen LogP contribution in [0.5, 0.6) is 11.5 Å². The second kappa shape index (κ2) is 27.6. The number of hydrogen-bond acceptors (Lipinski definition) is 10. The lowest BCUT2D eigenvalue weighted by Crippen LogP contribution is -2.14. The van der Waals surface area contributed by atoms with Crippen molar-refractivity contribution in [2.75, 3.05) is 106 Å². The third-order valence-corrected chi connectivity index (χ3v) is 7.42. The summed E-state index contributed by atoms with van der Waals surface area (Å²) < 4.78 is 56.8. The standard InChI is InChI=1S/C40H58O10/c1-4-38-39(49-30-28-45-22-20-41-16-18-43-24-26-47-32-36-12-8-34(2)9-13-36)6-5-7-40(38)50-31-29-46-23-21-42-17-19-44-25-27-48-33-37-14-10-35(3)11-15-37/h5-15H,4,16-33H2,1-3H3. The lowest BCUT2D eigenvalue weighted by molar-refractivity contribution is -0.00683. The van der Waals surface area contributed by atoms with E-state index >= 15 is 0 Å². The lowest BCUT2D eigenvalue weighted by Gasteiger charge is -2.15. The van der Waals surface area contributed by atoms with Crippen molar-refractivity contribution in [2.24, 2.45) is 0 Å². The molecule has 0 bridgehead atoms. The highest BCUT2D eigenvalue weighted by Crippen LogP contribution is 2.29. The average Bonchev–Trinajstić information content (AvgIpc) is 3.13. The Morgan fingerprint density at radius 1 is 0.360 bits per heavy atom. The van der Waals surface area contributed by atoms with E-state index in [1.165, 1.54) is 22.3 Å². The quantitative estimate of drug-likeness (QED) is 0.0729. The minimum atomic E-state index is 0.443. The van der Waals surface area contributed by atoms with Crippen LogP contribution in [0.1, 0.15) is 34.7 Å². The maximum absolute atomic E-state index is 5.99. The molecule has 0 saturated carbocycles. The summed E-state index contributed by atoms with van der Waals surface area (Å²) in [6.07, 6.45) is 0.788. The van der Waals surface area contributed by atoms with Crippen molar-refractivity contribution in [3.8, 4) is 11.5 Å². The van der Waals surface area contributed by atoms with Crippen molar-refractivity contribution < 1.29 is 47.4 Å². The first-order valence-corrected chi connectivity index (χ1v) is 17.8. The van der Waals surface area contributed by atoms with Crippen molar-refractivity contribution in [1.82, 2.24) is 0 Å². The molecule has 0 aliphatic rings. The van der Waals surface area contributed by atoms with Crippen LogP contribution in [0.25, 0.3) is 0 Å². The molecule has 10 nitrogen and oxygen atoms in total. The van der Waals surface area contributed by atoms with Gasteiger partial charge in [-0.05, 0) is 43.5 Å². The topological polar surface area (TPSA) is 92.3 Å². The van der Waals surface area contributed by atoms with Crippen LogP contribution in [-0.4, -0.2) is 106 Å². The Morgan fingerprint density at radius 2 is 0.660 bits per heavy atom. The normalized spacial score (nSPS) is 11.3. The maximum Gasteiger partial charge on any atom is 0.126 e. The zero-order valence-electron chi connectivity index (χ0n) is 30.4. The molecule has 0 radical (unpaired) electrons.